The van der Waals surface area contributed by atoms with Gasteiger partial charge in [0, 0.05) is 49.7 Å². The number of rotatable bonds is 4. The highest BCUT2D eigenvalue weighted by Crippen LogP contribution is 2.53. The highest BCUT2D eigenvalue weighted by atomic mass is 16.5. The first kappa shape index (κ1) is 19.5. The molecule has 4 fully saturated rings. The lowest BCUT2D eigenvalue weighted by atomic mass is 9.61. The van der Waals surface area contributed by atoms with E-state index in [2.05, 4.69) is 9.88 Å². The van der Waals surface area contributed by atoms with Gasteiger partial charge in [-0.1, -0.05) is 6.42 Å². The molecule has 1 spiro atoms. The van der Waals surface area contributed by atoms with Gasteiger partial charge in [0.2, 0.25) is 0 Å². The van der Waals surface area contributed by atoms with Crippen LogP contribution in [0.4, 0.5) is 0 Å². The molecule has 3 heterocycles. The van der Waals surface area contributed by atoms with Gasteiger partial charge < -0.3 is 15.2 Å². The van der Waals surface area contributed by atoms with E-state index in [0.29, 0.717) is 29.0 Å². The fourth-order valence-corrected chi connectivity index (χ4v) is 6.76. The van der Waals surface area contributed by atoms with E-state index < -0.39 is 5.91 Å². The smallest absolute Gasteiger partial charge is 0.267 e. The first-order chi connectivity index (χ1) is 14.1. The number of aromatic nitrogens is 1. The Labute approximate surface area is 173 Å². The number of carbonyl (C=O) groups excluding carboxylic acids is 1. The average Bonchev–Trinajstić information content (AvgIpc) is 2.71. The number of primary amides is 1. The molecule has 2 N–H and O–H groups in total. The lowest BCUT2D eigenvalue weighted by molar-refractivity contribution is -0.182. The largest absolute Gasteiger partial charge is 0.380 e. The monoisotopic (exact) mass is 399 g/mol. The van der Waals surface area contributed by atoms with E-state index in [1.54, 1.807) is 6.20 Å². The molecule has 6 heteroatoms. The van der Waals surface area contributed by atoms with Crippen molar-refractivity contribution in [2.75, 3.05) is 33.4 Å². The van der Waals surface area contributed by atoms with Gasteiger partial charge in [-0.3, -0.25) is 14.7 Å². The van der Waals surface area contributed by atoms with Crippen LogP contribution in [0.2, 0.25) is 0 Å². The van der Waals surface area contributed by atoms with E-state index in [1.165, 1.54) is 44.9 Å². The van der Waals surface area contributed by atoms with Gasteiger partial charge in [-0.25, -0.2) is 0 Å². The first-order valence-corrected chi connectivity index (χ1v) is 11.2. The molecule has 3 atom stereocenters. The van der Waals surface area contributed by atoms with Crippen LogP contribution in [0.1, 0.15) is 61.0 Å². The predicted molar refractivity (Wildman–Crippen MR) is 109 cm³/mol. The summed E-state index contributed by atoms with van der Waals surface area (Å²) in [6, 6.07) is 4.59. The van der Waals surface area contributed by atoms with E-state index in [4.69, 9.17) is 15.2 Å². The minimum atomic E-state index is -0.475. The summed E-state index contributed by atoms with van der Waals surface area (Å²) >= 11 is 0. The summed E-state index contributed by atoms with van der Waals surface area (Å²) in [5.74, 6) is 0.397. The van der Waals surface area contributed by atoms with Crippen LogP contribution in [0.5, 0.6) is 0 Å². The zero-order valence-corrected chi connectivity index (χ0v) is 17.4. The minimum Gasteiger partial charge on any atom is -0.380 e. The summed E-state index contributed by atoms with van der Waals surface area (Å²) in [6.45, 7) is 4.10. The summed E-state index contributed by atoms with van der Waals surface area (Å²) in [7, 11) is 1.84. The van der Waals surface area contributed by atoms with Crippen molar-refractivity contribution in [3.05, 3.63) is 29.6 Å². The number of pyridine rings is 1. The van der Waals surface area contributed by atoms with Gasteiger partial charge in [0.15, 0.2) is 0 Å². The van der Waals surface area contributed by atoms with E-state index in [-0.39, 0.29) is 5.60 Å². The minimum absolute atomic E-state index is 0.333. The second kappa shape index (κ2) is 7.33. The number of ether oxygens (including phenoxy) is 2. The normalized spacial score (nSPS) is 34.7. The maximum absolute atomic E-state index is 11.7. The van der Waals surface area contributed by atoms with Gasteiger partial charge in [0.25, 0.3) is 5.91 Å². The van der Waals surface area contributed by atoms with Gasteiger partial charge in [0.1, 0.15) is 11.3 Å². The number of nitrogens with two attached hydrogens (primary N) is 1. The fraction of sp³-hybridized carbons (Fsp3) is 0.739. The molecular weight excluding hydrogens is 366 g/mol. The molecule has 1 unspecified atom stereocenters. The maximum atomic E-state index is 11.7. The number of hydrogen-bond donors (Lipinski definition) is 1. The molecule has 6 nitrogen and oxygen atoms in total. The molecule has 4 aliphatic rings. The molecule has 29 heavy (non-hydrogen) atoms. The molecule has 0 radical (unpaired) electrons. The number of hydrogen-bond acceptors (Lipinski definition) is 5. The summed E-state index contributed by atoms with van der Waals surface area (Å²) in [5.41, 5.74) is 7.09. The standard InChI is InChI=1S/C23H33N3O3/c1-28-23(16-7-10-25-20(11-16)21(24)27)17-3-2-4-18(23)13-26(12-17)19-5-8-22(9-6-19)14-29-15-22/h7,10-11,17-19H,2-6,8-9,12-15H2,1H3,(H2,24,27)/t17-,18+,23?. The molecule has 158 valence electrons. The molecule has 1 aromatic heterocycles. The molecular formula is C23H33N3O3. The Bertz CT molecular complexity index is 754. The van der Waals surface area contributed by atoms with Crippen LogP contribution in [-0.4, -0.2) is 55.2 Å². The van der Waals surface area contributed by atoms with Crippen LogP contribution in [0, 0.1) is 17.3 Å². The second-order valence-corrected chi connectivity index (χ2v) is 9.79. The Kier molecular flexibility index (Phi) is 4.92. The Hall–Kier alpha value is -1.50. The Morgan fingerprint density at radius 3 is 2.45 bits per heavy atom. The van der Waals surface area contributed by atoms with Gasteiger partial charge >= 0.3 is 0 Å². The number of likely N-dealkylation sites (tertiary alicyclic amines) is 1. The summed E-state index contributed by atoms with van der Waals surface area (Å²) < 4.78 is 11.8. The highest BCUT2D eigenvalue weighted by molar-refractivity contribution is 5.90. The quantitative estimate of drug-likeness (QED) is 0.842. The molecule has 2 aliphatic heterocycles. The number of methoxy groups -OCH3 is 1. The molecule has 5 rings (SSSR count). The van der Waals surface area contributed by atoms with Crippen LogP contribution in [0.25, 0.3) is 0 Å². The Morgan fingerprint density at radius 1 is 1.21 bits per heavy atom. The van der Waals surface area contributed by atoms with Crippen LogP contribution in [-0.2, 0) is 15.1 Å². The summed E-state index contributed by atoms with van der Waals surface area (Å²) in [6.07, 6.45) is 10.5. The number of piperidine rings is 1. The fourth-order valence-electron chi connectivity index (χ4n) is 6.76. The summed E-state index contributed by atoms with van der Waals surface area (Å²) in [4.78, 5) is 18.6. The van der Waals surface area contributed by atoms with E-state index >= 15 is 0 Å². The van der Waals surface area contributed by atoms with Crippen molar-refractivity contribution < 1.29 is 14.3 Å². The van der Waals surface area contributed by atoms with Crippen molar-refractivity contribution >= 4 is 5.91 Å². The van der Waals surface area contributed by atoms with Gasteiger partial charge in [-0.05, 0) is 56.2 Å². The molecule has 2 saturated carbocycles. The van der Waals surface area contributed by atoms with Crippen LogP contribution in [0.15, 0.2) is 18.3 Å². The van der Waals surface area contributed by atoms with Crippen molar-refractivity contribution in [1.29, 1.82) is 0 Å². The van der Waals surface area contributed by atoms with E-state index in [1.807, 2.05) is 19.2 Å². The Morgan fingerprint density at radius 2 is 1.90 bits per heavy atom. The van der Waals surface area contributed by atoms with Crippen molar-refractivity contribution in [2.45, 2.75) is 56.6 Å². The van der Waals surface area contributed by atoms with Crippen molar-refractivity contribution in [2.24, 2.45) is 23.0 Å². The molecule has 1 aromatic rings. The zero-order chi connectivity index (χ0) is 20.1. The lowest BCUT2D eigenvalue weighted by Gasteiger charge is -2.58. The lowest BCUT2D eigenvalue weighted by Crippen LogP contribution is -2.61. The molecule has 0 aromatic carbocycles. The third-order valence-corrected chi connectivity index (χ3v) is 8.38. The third-order valence-electron chi connectivity index (χ3n) is 8.38. The van der Waals surface area contributed by atoms with Crippen LogP contribution >= 0.6 is 0 Å². The van der Waals surface area contributed by atoms with E-state index in [9.17, 15) is 4.79 Å². The van der Waals surface area contributed by atoms with Gasteiger partial charge in [-0.2, -0.15) is 0 Å². The van der Waals surface area contributed by atoms with Crippen LogP contribution in [0.3, 0.4) is 0 Å². The van der Waals surface area contributed by atoms with Gasteiger partial charge in [-0.15, -0.1) is 0 Å². The predicted octanol–water partition coefficient (Wildman–Crippen LogP) is 2.71. The summed E-state index contributed by atoms with van der Waals surface area (Å²) in [5, 5.41) is 0. The van der Waals surface area contributed by atoms with Gasteiger partial charge in [0.05, 0.1) is 13.2 Å². The topological polar surface area (TPSA) is 77.7 Å². The maximum Gasteiger partial charge on any atom is 0.267 e. The van der Waals surface area contributed by atoms with Crippen molar-refractivity contribution in [1.82, 2.24) is 9.88 Å². The van der Waals surface area contributed by atoms with Crippen molar-refractivity contribution in [3.8, 4) is 0 Å². The number of fused-ring (bicyclic) bond motifs is 2. The SMILES string of the molecule is COC1(c2ccnc(C(N)=O)c2)[C@@H]2CCC[C@H]1CN(C1CCC3(CC1)COC3)C2. The number of carbonyl (C=O) groups is 1. The molecule has 2 bridgehead atoms. The Balaban J connectivity index is 1.38. The number of amides is 1. The highest BCUT2D eigenvalue weighted by Gasteiger charge is 2.54. The first-order valence-electron chi connectivity index (χ1n) is 11.2. The number of nitrogens with zero attached hydrogens (tertiary/aromatic N) is 2. The zero-order valence-electron chi connectivity index (χ0n) is 17.4. The van der Waals surface area contributed by atoms with Crippen LogP contribution < -0.4 is 5.73 Å². The molecule has 1 amide bonds. The third kappa shape index (κ3) is 3.11. The second-order valence-electron chi connectivity index (χ2n) is 9.79. The molecule has 2 aliphatic carbocycles. The molecule has 2 saturated heterocycles. The van der Waals surface area contributed by atoms with Crippen molar-refractivity contribution in [3.63, 3.8) is 0 Å². The average molecular weight is 400 g/mol. The van der Waals surface area contributed by atoms with E-state index in [0.717, 1.165) is 31.9 Å².